The summed E-state index contributed by atoms with van der Waals surface area (Å²) in [4.78, 5) is 19.6. The van der Waals surface area contributed by atoms with Gasteiger partial charge in [0.05, 0.1) is 11.1 Å². The molecule has 0 amide bonds. The van der Waals surface area contributed by atoms with Crippen molar-refractivity contribution in [2.24, 2.45) is 5.10 Å². The number of aromatic nitrogens is 4. The first-order valence-corrected chi connectivity index (χ1v) is 10.6. The minimum Gasteiger partial charge on any atom is -0.455 e. The number of rotatable bonds is 7. The lowest BCUT2D eigenvalue weighted by molar-refractivity contribution is -0.385. The maximum Gasteiger partial charge on any atom is 0.273 e. The van der Waals surface area contributed by atoms with Crippen molar-refractivity contribution >= 4 is 40.5 Å². The summed E-state index contributed by atoms with van der Waals surface area (Å²) in [6.07, 6.45) is 1.41. The summed E-state index contributed by atoms with van der Waals surface area (Å²) in [5, 5.41) is 25.9. The van der Waals surface area contributed by atoms with Crippen LogP contribution in [0.15, 0.2) is 62.7 Å². The highest BCUT2D eigenvalue weighted by molar-refractivity contribution is 5.81. The van der Waals surface area contributed by atoms with E-state index in [1.807, 2.05) is 6.07 Å². The van der Waals surface area contributed by atoms with Crippen molar-refractivity contribution in [2.45, 2.75) is 13.8 Å². The van der Waals surface area contributed by atoms with Crippen LogP contribution >= 0.6 is 0 Å². The predicted octanol–water partition coefficient (Wildman–Crippen LogP) is 5.13. The van der Waals surface area contributed by atoms with E-state index in [4.69, 9.17) is 4.42 Å². The van der Waals surface area contributed by atoms with E-state index in [-0.39, 0.29) is 34.4 Å². The summed E-state index contributed by atoms with van der Waals surface area (Å²) < 4.78 is 23.8. The zero-order valence-corrected chi connectivity index (χ0v) is 18.9. The number of anilines is 3. The lowest BCUT2D eigenvalue weighted by Gasteiger charge is -2.09. The maximum absolute atomic E-state index is 13.2. The van der Waals surface area contributed by atoms with E-state index in [0.29, 0.717) is 28.3 Å². The van der Waals surface area contributed by atoms with Gasteiger partial charge in [0.2, 0.25) is 11.3 Å². The molecule has 0 aliphatic rings. The standard InChI is InChI=1S/C23H17FN8O4/c1-12-9-17(13(2)18(10-12)32(33)34)19-8-7-16(35-19)11-25-29-21-20(26-15-5-3-14(24)4-6-15)27-22-23(28-21)31-36-30-22/h3-11H,1-2H3,(H,26,27,30)(H,28,29,31)/b25-11+. The van der Waals surface area contributed by atoms with Gasteiger partial charge in [-0.15, -0.1) is 0 Å². The Bertz CT molecular complexity index is 1610. The van der Waals surface area contributed by atoms with Crippen LogP contribution in [0.2, 0.25) is 0 Å². The second-order valence-corrected chi connectivity index (χ2v) is 7.75. The molecule has 12 nitrogen and oxygen atoms in total. The number of fused-ring (bicyclic) bond motifs is 1. The van der Waals surface area contributed by atoms with Gasteiger partial charge in [0.15, 0.2) is 11.6 Å². The molecule has 5 rings (SSSR count). The summed E-state index contributed by atoms with van der Waals surface area (Å²) in [6, 6.07) is 12.4. The van der Waals surface area contributed by atoms with Crippen LogP contribution in [-0.4, -0.2) is 31.4 Å². The number of nitro groups is 1. The van der Waals surface area contributed by atoms with Crippen LogP contribution in [0, 0.1) is 29.8 Å². The maximum atomic E-state index is 13.2. The van der Waals surface area contributed by atoms with Gasteiger partial charge in [0.1, 0.15) is 17.3 Å². The second kappa shape index (κ2) is 9.21. The van der Waals surface area contributed by atoms with Crippen LogP contribution in [0.5, 0.6) is 0 Å². The molecule has 0 saturated heterocycles. The van der Waals surface area contributed by atoms with Crippen molar-refractivity contribution in [1.82, 2.24) is 20.3 Å². The van der Waals surface area contributed by atoms with E-state index >= 15 is 0 Å². The van der Waals surface area contributed by atoms with Crippen LogP contribution in [0.4, 0.5) is 27.4 Å². The molecule has 3 aromatic heterocycles. The molecular weight excluding hydrogens is 471 g/mol. The molecule has 2 N–H and O–H groups in total. The van der Waals surface area contributed by atoms with Gasteiger partial charge in [0, 0.05) is 22.9 Å². The first kappa shape index (κ1) is 22.6. The predicted molar refractivity (Wildman–Crippen MR) is 129 cm³/mol. The number of benzene rings is 2. The normalized spacial score (nSPS) is 11.3. The number of nitrogens with one attached hydrogen (secondary N) is 2. The first-order valence-electron chi connectivity index (χ1n) is 10.6. The van der Waals surface area contributed by atoms with Crippen LogP contribution in [0.3, 0.4) is 0 Å². The zero-order chi connectivity index (χ0) is 25.2. The van der Waals surface area contributed by atoms with Gasteiger partial charge in [-0.2, -0.15) is 10.1 Å². The van der Waals surface area contributed by atoms with Crippen molar-refractivity contribution in [3.8, 4) is 11.3 Å². The fourth-order valence-electron chi connectivity index (χ4n) is 3.48. The molecule has 13 heteroatoms. The summed E-state index contributed by atoms with van der Waals surface area (Å²) >= 11 is 0. The Balaban J connectivity index is 1.39. The van der Waals surface area contributed by atoms with Gasteiger partial charge < -0.3 is 9.73 Å². The van der Waals surface area contributed by atoms with Gasteiger partial charge in [-0.3, -0.25) is 15.5 Å². The average molecular weight is 488 g/mol. The van der Waals surface area contributed by atoms with E-state index in [1.54, 1.807) is 26.0 Å². The molecule has 5 aromatic rings. The minimum atomic E-state index is -0.416. The number of hydrogen-bond acceptors (Lipinski definition) is 11. The number of nitrogens with zero attached hydrogens (tertiary/aromatic N) is 6. The molecule has 36 heavy (non-hydrogen) atoms. The van der Waals surface area contributed by atoms with Crippen LogP contribution < -0.4 is 10.7 Å². The Morgan fingerprint density at radius 3 is 2.47 bits per heavy atom. The minimum absolute atomic E-state index is 0.0239. The van der Waals surface area contributed by atoms with E-state index < -0.39 is 4.92 Å². The van der Waals surface area contributed by atoms with Crippen molar-refractivity contribution in [1.29, 1.82) is 0 Å². The fourth-order valence-corrected chi connectivity index (χ4v) is 3.48. The highest BCUT2D eigenvalue weighted by atomic mass is 19.1. The molecule has 0 bridgehead atoms. The third-order valence-electron chi connectivity index (χ3n) is 5.20. The van der Waals surface area contributed by atoms with Crippen molar-refractivity contribution in [3.05, 3.63) is 81.3 Å². The molecule has 0 unspecified atom stereocenters. The monoisotopic (exact) mass is 488 g/mol. The Morgan fingerprint density at radius 2 is 1.75 bits per heavy atom. The topological polar surface area (TPSA) is 157 Å². The number of hydrazone groups is 1. The van der Waals surface area contributed by atoms with Gasteiger partial charge in [-0.05, 0) is 72.2 Å². The lowest BCUT2D eigenvalue weighted by atomic mass is 10.0. The molecule has 0 spiro atoms. The van der Waals surface area contributed by atoms with Gasteiger partial charge >= 0.3 is 0 Å². The summed E-state index contributed by atoms with van der Waals surface area (Å²) in [6.45, 7) is 3.46. The van der Waals surface area contributed by atoms with Crippen LogP contribution in [0.25, 0.3) is 22.6 Å². The summed E-state index contributed by atoms with van der Waals surface area (Å²) in [5.41, 5.74) is 5.56. The van der Waals surface area contributed by atoms with Crippen LogP contribution in [-0.2, 0) is 0 Å². The molecule has 0 aliphatic carbocycles. The van der Waals surface area contributed by atoms with Gasteiger partial charge in [0.25, 0.3) is 5.69 Å². The average Bonchev–Trinajstić information content (AvgIpc) is 3.51. The van der Waals surface area contributed by atoms with Crippen molar-refractivity contribution < 1.29 is 18.4 Å². The third kappa shape index (κ3) is 4.57. The van der Waals surface area contributed by atoms with E-state index in [2.05, 4.69) is 40.8 Å². The Morgan fingerprint density at radius 1 is 1.03 bits per heavy atom. The smallest absolute Gasteiger partial charge is 0.273 e. The highest BCUT2D eigenvalue weighted by Gasteiger charge is 2.18. The summed E-state index contributed by atoms with van der Waals surface area (Å²) in [5.74, 6) is 0.944. The zero-order valence-electron chi connectivity index (χ0n) is 18.9. The molecule has 0 saturated carbocycles. The molecule has 180 valence electrons. The number of halogens is 1. The van der Waals surface area contributed by atoms with Gasteiger partial charge in [-0.1, -0.05) is 0 Å². The first-order chi connectivity index (χ1) is 17.4. The lowest BCUT2D eigenvalue weighted by Crippen LogP contribution is -2.03. The number of aryl methyl sites for hydroxylation is 1. The second-order valence-electron chi connectivity index (χ2n) is 7.75. The summed E-state index contributed by atoms with van der Waals surface area (Å²) in [7, 11) is 0. The third-order valence-corrected chi connectivity index (χ3v) is 5.20. The molecule has 0 radical (unpaired) electrons. The van der Waals surface area contributed by atoms with Crippen molar-refractivity contribution in [3.63, 3.8) is 0 Å². The quantitative estimate of drug-likeness (QED) is 0.179. The Labute approximate surface area is 202 Å². The SMILES string of the molecule is Cc1cc(-c2ccc(/C=N/Nc3nc4nonc4nc3Nc3ccc(F)cc3)o2)c(C)c([N+](=O)[O-])c1. The van der Waals surface area contributed by atoms with E-state index in [0.717, 1.165) is 5.56 Å². The molecular formula is C23H17FN8O4. The fraction of sp³-hybridized carbons (Fsp3) is 0.0870. The molecule has 0 atom stereocenters. The van der Waals surface area contributed by atoms with Gasteiger partial charge in [-0.25, -0.2) is 14.0 Å². The van der Waals surface area contributed by atoms with E-state index in [9.17, 15) is 14.5 Å². The highest BCUT2D eigenvalue weighted by Crippen LogP contribution is 2.32. The van der Waals surface area contributed by atoms with Crippen molar-refractivity contribution in [2.75, 3.05) is 10.7 Å². The molecule has 2 aromatic carbocycles. The number of hydrogen-bond donors (Lipinski definition) is 2. The molecule has 0 fully saturated rings. The Hall–Kier alpha value is -5.20. The largest absolute Gasteiger partial charge is 0.455 e. The number of furan rings is 1. The molecule has 3 heterocycles. The molecule has 0 aliphatic heterocycles. The van der Waals surface area contributed by atoms with E-state index in [1.165, 1.54) is 36.5 Å². The Kier molecular flexibility index (Phi) is 5.78. The number of nitro benzene ring substituents is 1. The van der Waals surface area contributed by atoms with Crippen LogP contribution in [0.1, 0.15) is 16.9 Å².